The normalized spacial score (nSPS) is 15.7. The second kappa shape index (κ2) is 7.83. The van der Waals surface area contributed by atoms with E-state index in [0.717, 1.165) is 28.7 Å². The molecule has 0 fully saturated rings. The van der Waals surface area contributed by atoms with E-state index in [2.05, 4.69) is 16.1 Å². The van der Waals surface area contributed by atoms with Crippen molar-refractivity contribution in [2.45, 2.75) is 19.3 Å². The molecule has 0 saturated carbocycles. The second-order valence-corrected chi connectivity index (χ2v) is 8.46. The summed E-state index contributed by atoms with van der Waals surface area (Å²) in [5.41, 5.74) is 1.62. The summed E-state index contributed by atoms with van der Waals surface area (Å²) >= 11 is 0. The van der Waals surface area contributed by atoms with E-state index >= 15 is 0 Å². The summed E-state index contributed by atoms with van der Waals surface area (Å²) in [7, 11) is 0. The minimum atomic E-state index is -4.52. The molecule has 2 aliphatic heterocycles. The molecule has 2 aliphatic rings. The van der Waals surface area contributed by atoms with Crippen LogP contribution in [0.15, 0.2) is 71.7 Å². The Morgan fingerprint density at radius 2 is 1.71 bits per heavy atom. The number of halogens is 5. The van der Waals surface area contributed by atoms with Crippen molar-refractivity contribution >= 4 is 28.2 Å². The van der Waals surface area contributed by atoms with Gasteiger partial charge in [0, 0.05) is 40.9 Å². The molecular formula is C26H17F5N4. The van der Waals surface area contributed by atoms with Crippen molar-refractivity contribution in [2.24, 2.45) is 4.99 Å². The molecule has 0 atom stereocenters. The lowest BCUT2D eigenvalue weighted by atomic mass is 10.1. The largest absolute Gasteiger partial charge is 0.416 e. The highest BCUT2D eigenvalue weighted by atomic mass is 19.4. The number of para-hydroxylation sites is 1. The Morgan fingerprint density at radius 1 is 0.886 bits per heavy atom. The standard InChI is InChI=1S/C26H17F5N4/c27-19-7-8-23-17(11-19)12-21-15-33(9-10-34(21)23)25-32-24-16(3-1-6-22(24)28)14-35(25)20-5-2-4-18(13-20)26(29,30)31/h1-8,11-13H,9-10,15H2. The second-order valence-electron chi connectivity index (χ2n) is 8.46. The zero-order valence-corrected chi connectivity index (χ0v) is 18.2. The molecule has 4 aromatic rings. The summed E-state index contributed by atoms with van der Waals surface area (Å²) < 4.78 is 70.7. The number of aliphatic imine (C=N–C) groups is 1. The molecule has 1 aromatic heterocycles. The van der Waals surface area contributed by atoms with Gasteiger partial charge in [0.25, 0.3) is 0 Å². The van der Waals surface area contributed by atoms with E-state index in [1.807, 2.05) is 11.0 Å². The monoisotopic (exact) mass is 480 g/mol. The van der Waals surface area contributed by atoms with Crippen molar-refractivity contribution in [3.8, 4) is 0 Å². The van der Waals surface area contributed by atoms with E-state index in [9.17, 15) is 22.0 Å². The number of rotatable bonds is 1. The number of alkyl halides is 3. The highest BCUT2D eigenvalue weighted by Crippen LogP contribution is 2.37. The molecule has 3 aromatic carbocycles. The zero-order valence-electron chi connectivity index (χ0n) is 18.2. The minimum absolute atomic E-state index is 0.0823. The lowest BCUT2D eigenvalue weighted by Crippen LogP contribution is -2.47. The maximum absolute atomic E-state index is 14.6. The Kier molecular flexibility index (Phi) is 4.84. The van der Waals surface area contributed by atoms with Crippen LogP contribution in [0.4, 0.5) is 33.3 Å². The first-order valence-electron chi connectivity index (χ1n) is 10.9. The van der Waals surface area contributed by atoms with Crippen LogP contribution in [0.5, 0.6) is 0 Å². The smallest absolute Gasteiger partial charge is 0.341 e. The van der Waals surface area contributed by atoms with Crippen molar-refractivity contribution in [3.05, 3.63) is 102 Å². The summed E-state index contributed by atoms with van der Waals surface area (Å²) in [6.45, 7) is 4.40. The van der Waals surface area contributed by atoms with Crippen LogP contribution in [0.1, 0.15) is 16.8 Å². The van der Waals surface area contributed by atoms with E-state index in [-0.39, 0.29) is 23.2 Å². The predicted octanol–water partition coefficient (Wildman–Crippen LogP) is 6.35. The van der Waals surface area contributed by atoms with Crippen molar-refractivity contribution in [1.82, 2.24) is 9.47 Å². The fourth-order valence-electron chi connectivity index (χ4n) is 4.61. The third kappa shape index (κ3) is 3.71. The van der Waals surface area contributed by atoms with Crippen molar-refractivity contribution in [1.29, 1.82) is 0 Å². The number of guanidine groups is 1. The maximum atomic E-state index is 14.6. The topological polar surface area (TPSA) is 23.8 Å². The van der Waals surface area contributed by atoms with Crippen LogP contribution in [0.3, 0.4) is 0 Å². The molecule has 4 nitrogen and oxygen atoms in total. The highest BCUT2D eigenvalue weighted by molar-refractivity contribution is 6.02. The first-order valence-corrected chi connectivity index (χ1v) is 10.9. The first kappa shape index (κ1) is 21.6. The molecule has 0 aliphatic carbocycles. The van der Waals surface area contributed by atoms with E-state index in [4.69, 9.17) is 0 Å². The van der Waals surface area contributed by atoms with Crippen LogP contribution in [0.2, 0.25) is 0 Å². The number of nitrogens with zero attached hydrogens (tertiary/aromatic N) is 4. The van der Waals surface area contributed by atoms with Crippen LogP contribution >= 0.6 is 0 Å². The summed E-state index contributed by atoms with van der Waals surface area (Å²) in [5.74, 6) is -0.608. The lowest BCUT2D eigenvalue weighted by Gasteiger charge is -2.39. The molecule has 0 bridgehead atoms. The zero-order chi connectivity index (χ0) is 24.3. The van der Waals surface area contributed by atoms with Crippen LogP contribution in [0.25, 0.3) is 10.9 Å². The molecule has 2 radical (unpaired) electrons. The van der Waals surface area contributed by atoms with Gasteiger partial charge in [-0.15, -0.1) is 0 Å². The summed E-state index contributed by atoms with van der Waals surface area (Å²) in [5, 5.41) is 0.761. The van der Waals surface area contributed by atoms with Gasteiger partial charge in [0.15, 0.2) is 0 Å². The quantitative estimate of drug-likeness (QED) is 0.297. The van der Waals surface area contributed by atoms with E-state index in [1.54, 1.807) is 12.1 Å². The molecule has 176 valence electrons. The molecule has 0 amide bonds. The molecule has 0 spiro atoms. The highest BCUT2D eigenvalue weighted by Gasteiger charge is 2.34. The molecule has 0 saturated heterocycles. The van der Waals surface area contributed by atoms with Crippen LogP contribution in [-0.2, 0) is 19.3 Å². The van der Waals surface area contributed by atoms with Crippen molar-refractivity contribution in [2.75, 3.05) is 11.4 Å². The van der Waals surface area contributed by atoms with Gasteiger partial charge in [-0.3, -0.25) is 4.90 Å². The Hall–Kier alpha value is -3.88. The Bertz CT molecular complexity index is 1490. The SMILES string of the molecule is Fc1ccc2c(c1)cc1n2CCN(C2=Nc3c(F)cccc3[C]N2c2cccc(C(F)(F)F)c2)C1. The van der Waals surface area contributed by atoms with E-state index in [1.165, 1.54) is 41.3 Å². The van der Waals surface area contributed by atoms with Crippen molar-refractivity contribution in [3.63, 3.8) is 0 Å². The molecule has 0 unspecified atom stereocenters. The lowest BCUT2D eigenvalue weighted by molar-refractivity contribution is -0.137. The van der Waals surface area contributed by atoms with Gasteiger partial charge >= 0.3 is 6.18 Å². The van der Waals surface area contributed by atoms with Crippen LogP contribution < -0.4 is 4.90 Å². The average Bonchev–Trinajstić information content (AvgIpc) is 3.19. The fraction of sp³-hybridized carbons (Fsp3) is 0.154. The number of hydrogen-bond acceptors (Lipinski definition) is 3. The summed E-state index contributed by atoms with van der Waals surface area (Å²) in [6, 6.07) is 15.8. The molecule has 35 heavy (non-hydrogen) atoms. The van der Waals surface area contributed by atoms with Gasteiger partial charge in [0.05, 0.1) is 12.1 Å². The third-order valence-electron chi connectivity index (χ3n) is 6.24. The van der Waals surface area contributed by atoms with E-state index < -0.39 is 17.6 Å². The molecular weight excluding hydrogens is 463 g/mol. The van der Waals surface area contributed by atoms with Crippen molar-refractivity contribution < 1.29 is 22.0 Å². The number of benzene rings is 3. The van der Waals surface area contributed by atoms with Gasteiger partial charge in [0.1, 0.15) is 23.9 Å². The molecule has 3 heterocycles. The first-order chi connectivity index (χ1) is 16.8. The number of anilines is 1. The molecule has 9 heteroatoms. The van der Waals surface area contributed by atoms with Gasteiger partial charge in [-0.1, -0.05) is 18.2 Å². The van der Waals surface area contributed by atoms with Gasteiger partial charge in [0.2, 0.25) is 5.96 Å². The maximum Gasteiger partial charge on any atom is 0.416 e. The van der Waals surface area contributed by atoms with Crippen LogP contribution in [-0.4, -0.2) is 22.0 Å². The summed E-state index contributed by atoms with van der Waals surface area (Å²) in [4.78, 5) is 7.85. The number of fused-ring (bicyclic) bond motifs is 4. The third-order valence-corrected chi connectivity index (χ3v) is 6.24. The minimum Gasteiger partial charge on any atom is -0.341 e. The predicted molar refractivity (Wildman–Crippen MR) is 122 cm³/mol. The van der Waals surface area contributed by atoms with Gasteiger partial charge < -0.3 is 9.47 Å². The van der Waals surface area contributed by atoms with Gasteiger partial charge in [-0.25, -0.2) is 13.8 Å². The van der Waals surface area contributed by atoms with E-state index in [0.29, 0.717) is 25.2 Å². The Labute approximate surface area is 197 Å². The van der Waals surface area contributed by atoms with Gasteiger partial charge in [-0.05, 0) is 48.5 Å². The molecule has 0 N–H and O–H groups in total. The Balaban J connectivity index is 1.44. The number of aromatic nitrogens is 1. The van der Waals surface area contributed by atoms with Gasteiger partial charge in [-0.2, -0.15) is 13.2 Å². The van der Waals surface area contributed by atoms with Crippen LogP contribution in [0, 0.1) is 18.2 Å². The fourth-order valence-corrected chi connectivity index (χ4v) is 4.61. The Morgan fingerprint density at radius 3 is 2.54 bits per heavy atom. The number of hydrogen-bond donors (Lipinski definition) is 0. The summed E-state index contributed by atoms with van der Waals surface area (Å²) in [6.07, 6.45) is -4.52. The average molecular weight is 480 g/mol. The molecule has 6 rings (SSSR count).